The molecule has 0 saturated carbocycles. The van der Waals surface area contributed by atoms with E-state index in [1.54, 1.807) is 0 Å². The van der Waals surface area contributed by atoms with Crippen molar-refractivity contribution >= 4 is 48.8 Å². The van der Waals surface area contributed by atoms with Crippen molar-refractivity contribution in [1.29, 1.82) is 5.26 Å². The Kier molecular flexibility index (Phi) is 2.19. The second kappa shape index (κ2) is 4.12. The van der Waals surface area contributed by atoms with Crippen molar-refractivity contribution < 1.29 is 0 Å². The molecule has 5 aromatic rings. The quantitative estimate of drug-likeness (QED) is 0.242. The molecule has 0 aliphatic heterocycles. The summed E-state index contributed by atoms with van der Waals surface area (Å²) < 4.78 is 0. The lowest BCUT2D eigenvalue weighted by Gasteiger charge is -2.15. The number of nitrogens with two attached hydrogens (primary N) is 1. The van der Waals surface area contributed by atoms with Gasteiger partial charge in [-0.1, -0.05) is 48.5 Å². The highest BCUT2D eigenvalue weighted by atomic mass is 14.5. The van der Waals surface area contributed by atoms with Crippen LogP contribution < -0.4 is 5.73 Å². The lowest BCUT2D eigenvalue weighted by molar-refractivity contribution is 1.51. The highest BCUT2D eigenvalue weighted by molar-refractivity contribution is 6.34. The molecule has 0 fully saturated rings. The number of rotatable bonds is 0. The van der Waals surface area contributed by atoms with Gasteiger partial charge in [0.15, 0.2) is 0 Å². The van der Waals surface area contributed by atoms with E-state index in [0.29, 0.717) is 0 Å². The van der Waals surface area contributed by atoms with Crippen molar-refractivity contribution in [2.24, 2.45) is 0 Å². The fraction of sp³-hybridized carbons (Fsp3) is 0. The molecular formula is C21H12N2. The summed E-state index contributed by atoms with van der Waals surface area (Å²) in [7, 11) is 0. The van der Waals surface area contributed by atoms with Gasteiger partial charge in [0.1, 0.15) is 0 Å². The second-order valence-corrected chi connectivity index (χ2v) is 5.93. The minimum Gasteiger partial charge on any atom is -0.398 e. The zero-order chi connectivity index (χ0) is 15.6. The van der Waals surface area contributed by atoms with Crippen molar-refractivity contribution in [3.05, 3.63) is 66.2 Å². The molecule has 0 heterocycles. The van der Waals surface area contributed by atoms with Crippen LogP contribution in [0, 0.1) is 11.3 Å². The predicted molar refractivity (Wildman–Crippen MR) is 96.8 cm³/mol. The molecule has 2 heteroatoms. The van der Waals surface area contributed by atoms with Crippen molar-refractivity contribution in [2.75, 3.05) is 5.73 Å². The van der Waals surface area contributed by atoms with E-state index in [1.807, 2.05) is 24.3 Å². The van der Waals surface area contributed by atoms with E-state index in [0.717, 1.165) is 27.4 Å². The Morgan fingerprint density at radius 2 is 1.13 bits per heavy atom. The molecule has 0 radical (unpaired) electrons. The molecular weight excluding hydrogens is 280 g/mol. The molecule has 0 spiro atoms. The van der Waals surface area contributed by atoms with Crippen molar-refractivity contribution in [3.63, 3.8) is 0 Å². The highest BCUT2D eigenvalue weighted by Gasteiger charge is 2.14. The molecule has 0 aromatic heterocycles. The fourth-order valence-corrected chi connectivity index (χ4v) is 3.83. The van der Waals surface area contributed by atoms with E-state index in [-0.39, 0.29) is 0 Å². The van der Waals surface area contributed by atoms with Crippen molar-refractivity contribution in [1.82, 2.24) is 0 Å². The average Bonchev–Trinajstić information content (AvgIpc) is 2.60. The second-order valence-electron chi connectivity index (χ2n) is 5.93. The minimum absolute atomic E-state index is 0.719. The summed E-state index contributed by atoms with van der Waals surface area (Å²) in [6, 6.07) is 22.8. The molecule has 0 saturated heterocycles. The van der Waals surface area contributed by atoms with E-state index in [1.165, 1.54) is 26.9 Å². The molecule has 2 nitrogen and oxygen atoms in total. The molecule has 0 amide bonds. The Morgan fingerprint density at radius 1 is 0.609 bits per heavy atom. The number of hydrogen-bond acceptors (Lipinski definition) is 2. The zero-order valence-corrected chi connectivity index (χ0v) is 12.3. The largest absolute Gasteiger partial charge is 0.398 e. The smallest absolute Gasteiger partial charge is 0.0998 e. The first-order valence-electron chi connectivity index (χ1n) is 7.57. The van der Waals surface area contributed by atoms with Gasteiger partial charge in [0.2, 0.25) is 0 Å². The van der Waals surface area contributed by atoms with Gasteiger partial charge in [-0.05, 0) is 44.5 Å². The Labute approximate surface area is 132 Å². The maximum absolute atomic E-state index is 9.43. The summed E-state index contributed by atoms with van der Waals surface area (Å²) in [5, 5.41) is 18.6. The summed E-state index contributed by atoms with van der Waals surface area (Å²) in [6.07, 6.45) is 0. The summed E-state index contributed by atoms with van der Waals surface area (Å²) in [5.41, 5.74) is 7.71. The number of nitriles is 1. The molecule has 5 aromatic carbocycles. The number of anilines is 1. The number of fused-ring (bicyclic) bond motifs is 2. The molecule has 2 N–H and O–H groups in total. The van der Waals surface area contributed by atoms with Crippen LogP contribution in [0.5, 0.6) is 0 Å². The molecule has 0 bridgehead atoms. The van der Waals surface area contributed by atoms with Crippen LogP contribution in [0.2, 0.25) is 0 Å². The van der Waals surface area contributed by atoms with Crippen molar-refractivity contribution in [3.8, 4) is 6.07 Å². The van der Waals surface area contributed by atoms with Gasteiger partial charge < -0.3 is 5.73 Å². The topological polar surface area (TPSA) is 49.8 Å². The number of hydrogen-bond donors (Lipinski definition) is 1. The first-order valence-corrected chi connectivity index (χ1v) is 7.57. The number of benzene rings is 5. The van der Waals surface area contributed by atoms with Crippen LogP contribution in [0.3, 0.4) is 0 Å². The molecule has 0 unspecified atom stereocenters. The molecule has 106 valence electrons. The van der Waals surface area contributed by atoms with Crippen LogP contribution in [0.25, 0.3) is 43.1 Å². The zero-order valence-electron chi connectivity index (χ0n) is 12.3. The van der Waals surface area contributed by atoms with Crippen LogP contribution in [-0.4, -0.2) is 0 Å². The van der Waals surface area contributed by atoms with E-state index in [2.05, 4.69) is 42.5 Å². The lowest BCUT2D eigenvalue weighted by atomic mass is 9.88. The van der Waals surface area contributed by atoms with Gasteiger partial charge in [-0.25, -0.2) is 0 Å². The Bertz CT molecular complexity index is 1260. The van der Waals surface area contributed by atoms with Crippen LogP contribution in [0.15, 0.2) is 60.7 Å². The maximum Gasteiger partial charge on any atom is 0.0998 e. The van der Waals surface area contributed by atoms with E-state index < -0.39 is 0 Å². The van der Waals surface area contributed by atoms with Crippen LogP contribution in [-0.2, 0) is 0 Å². The molecule has 5 rings (SSSR count). The number of nitrogen functional groups attached to an aromatic ring is 1. The van der Waals surface area contributed by atoms with Gasteiger partial charge in [0.05, 0.1) is 11.6 Å². The van der Waals surface area contributed by atoms with Gasteiger partial charge in [0.25, 0.3) is 0 Å². The summed E-state index contributed by atoms with van der Waals surface area (Å²) in [4.78, 5) is 0. The third kappa shape index (κ3) is 1.41. The summed E-state index contributed by atoms with van der Waals surface area (Å²) in [5.74, 6) is 0. The van der Waals surface area contributed by atoms with E-state index in [9.17, 15) is 5.26 Å². The molecule has 0 aliphatic carbocycles. The minimum atomic E-state index is 0.719. The molecule has 0 aliphatic rings. The summed E-state index contributed by atoms with van der Waals surface area (Å²) in [6.45, 7) is 0. The third-order valence-electron chi connectivity index (χ3n) is 4.82. The lowest BCUT2D eigenvalue weighted by Crippen LogP contribution is -1.91. The van der Waals surface area contributed by atoms with Gasteiger partial charge in [-0.3, -0.25) is 0 Å². The maximum atomic E-state index is 9.43. The standard InChI is InChI=1S/C21H12N2/c22-11-12-7-8-16-15-5-2-6-18-19(23)10-9-17(21(15)18)14-4-1-3-13(12)20(14)16/h1-10H,23H2. The monoisotopic (exact) mass is 292 g/mol. The number of nitrogens with zero attached hydrogens (tertiary/aromatic N) is 1. The average molecular weight is 292 g/mol. The normalized spacial score (nSPS) is 11.6. The fourth-order valence-electron chi connectivity index (χ4n) is 3.83. The third-order valence-corrected chi connectivity index (χ3v) is 4.82. The Morgan fingerprint density at radius 3 is 1.83 bits per heavy atom. The van der Waals surface area contributed by atoms with Gasteiger partial charge in [-0.2, -0.15) is 5.26 Å². The van der Waals surface area contributed by atoms with Crippen LogP contribution in [0.4, 0.5) is 5.69 Å². The highest BCUT2D eigenvalue weighted by Crippen LogP contribution is 2.42. The SMILES string of the molecule is N#Cc1ccc2c3cccc4c(N)ccc(c5cccc1c52)c43. The Balaban J connectivity index is 2.25. The first kappa shape index (κ1) is 12.3. The summed E-state index contributed by atoms with van der Waals surface area (Å²) >= 11 is 0. The van der Waals surface area contributed by atoms with Gasteiger partial charge in [0, 0.05) is 16.5 Å². The van der Waals surface area contributed by atoms with Crippen molar-refractivity contribution in [2.45, 2.75) is 0 Å². The predicted octanol–water partition coefficient (Wildman–Crippen LogP) is 5.19. The van der Waals surface area contributed by atoms with Crippen LogP contribution >= 0.6 is 0 Å². The van der Waals surface area contributed by atoms with Crippen LogP contribution in [0.1, 0.15) is 5.56 Å². The van der Waals surface area contributed by atoms with E-state index in [4.69, 9.17) is 5.73 Å². The van der Waals surface area contributed by atoms with Gasteiger partial charge in [-0.15, -0.1) is 0 Å². The molecule has 0 atom stereocenters. The molecule has 23 heavy (non-hydrogen) atoms. The first-order chi connectivity index (χ1) is 11.3. The Hall–Kier alpha value is -3.31. The van der Waals surface area contributed by atoms with Gasteiger partial charge >= 0.3 is 0 Å². The van der Waals surface area contributed by atoms with E-state index >= 15 is 0 Å².